The first kappa shape index (κ1) is 13.5. The zero-order valence-corrected chi connectivity index (χ0v) is 11.4. The Hall–Kier alpha value is -2.53. The molecule has 1 N–H and O–H groups in total. The number of pyridine rings is 2. The van der Waals surface area contributed by atoms with E-state index in [9.17, 15) is 9.18 Å². The second-order valence-corrected chi connectivity index (χ2v) is 4.72. The van der Waals surface area contributed by atoms with Crippen molar-refractivity contribution in [3.8, 4) is 0 Å². The zero-order chi connectivity index (χ0) is 14.8. The minimum absolute atomic E-state index is 0.0423. The first-order valence-electron chi connectivity index (χ1n) is 6.11. The van der Waals surface area contributed by atoms with Gasteiger partial charge < -0.3 is 5.32 Å². The normalized spacial score (nSPS) is 10.6. The standard InChI is InChI=1S/C15H9ClFN3O/c16-12-8-10(17)3-4-11(12)15(21)20-14-13-9(5-7-19-14)2-1-6-18-13/h1-8H,(H,19,20,21). The molecule has 0 aliphatic carbocycles. The summed E-state index contributed by atoms with van der Waals surface area (Å²) in [6.07, 6.45) is 3.19. The van der Waals surface area contributed by atoms with Crippen molar-refractivity contribution in [2.75, 3.05) is 5.32 Å². The van der Waals surface area contributed by atoms with Gasteiger partial charge in [0.05, 0.1) is 10.6 Å². The summed E-state index contributed by atoms with van der Waals surface area (Å²) in [6.45, 7) is 0. The molecule has 0 fully saturated rings. The molecule has 21 heavy (non-hydrogen) atoms. The molecular weight excluding hydrogens is 293 g/mol. The Labute approximate surface area is 124 Å². The molecular formula is C15H9ClFN3O. The van der Waals surface area contributed by atoms with Gasteiger partial charge in [0.15, 0.2) is 5.82 Å². The number of nitrogens with one attached hydrogen (secondary N) is 1. The topological polar surface area (TPSA) is 54.9 Å². The predicted octanol–water partition coefficient (Wildman–Crippen LogP) is 3.67. The summed E-state index contributed by atoms with van der Waals surface area (Å²) >= 11 is 5.87. The van der Waals surface area contributed by atoms with Crippen LogP contribution in [0.5, 0.6) is 0 Å². The summed E-state index contributed by atoms with van der Waals surface area (Å²) < 4.78 is 13.0. The maximum Gasteiger partial charge on any atom is 0.258 e. The quantitative estimate of drug-likeness (QED) is 0.785. The smallest absolute Gasteiger partial charge is 0.258 e. The van der Waals surface area contributed by atoms with Crippen LogP contribution in [0.4, 0.5) is 10.2 Å². The van der Waals surface area contributed by atoms with Crippen LogP contribution in [0.3, 0.4) is 0 Å². The maximum absolute atomic E-state index is 13.0. The highest BCUT2D eigenvalue weighted by Crippen LogP contribution is 2.21. The fourth-order valence-corrected chi connectivity index (χ4v) is 2.20. The van der Waals surface area contributed by atoms with Gasteiger partial charge in [-0.15, -0.1) is 0 Å². The molecule has 3 aromatic rings. The number of hydrogen-bond acceptors (Lipinski definition) is 3. The number of benzene rings is 1. The number of amides is 1. The molecule has 104 valence electrons. The lowest BCUT2D eigenvalue weighted by atomic mass is 10.2. The van der Waals surface area contributed by atoms with E-state index in [1.165, 1.54) is 12.1 Å². The van der Waals surface area contributed by atoms with Crippen molar-refractivity contribution in [3.05, 3.63) is 65.2 Å². The summed E-state index contributed by atoms with van der Waals surface area (Å²) in [7, 11) is 0. The number of nitrogens with zero attached hydrogens (tertiary/aromatic N) is 2. The van der Waals surface area contributed by atoms with Crippen LogP contribution in [-0.4, -0.2) is 15.9 Å². The Morgan fingerprint density at radius 2 is 2.00 bits per heavy atom. The average molecular weight is 302 g/mol. The Kier molecular flexibility index (Phi) is 3.50. The van der Waals surface area contributed by atoms with Crippen LogP contribution in [0.15, 0.2) is 48.8 Å². The number of carbonyl (C=O) groups excluding carboxylic acids is 1. The van der Waals surface area contributed by atoms with E-state index in [2.05, 4.69) is 15.3 Å². The first-order valence-corrected chi connectivity index (χ1v) is 6.49. The van der Waals surface area contributed by atoms with E-state index in [1.807, 2.05) is 6.07 Å². The Balaban J connectivity index is 1.97. The van der Waals surface area contributed by atoms with Gasteiger partial charge in [0.1, 0.15) is 11.3 Å². The van der Waals surface area contributed by atoms with Gasteiger partial charge in [-0.1, -0.05) is 17.7 Å². The lowest BCUT2D eigenvalue weighted by Gasteiger charge is -2.08. The fraction of sp³-hybridized carbons (Fsp3) is 0. The lowest BCUT2D eigenvalue weighted by Crippen LogP contribution is -2.14. The highest BCUT2D eigenvalue weighted by atomic mass is 35.5. The van der Waals surface area contributed by atoms with Crippen molar-refractivity contribution in [1.29, 1.82) is 0 Å². The number of aromatic nitrogens is 2. The van der Waals surface area contributed by atoms with E-state index in [0.29, 0.717) is 11.3 Å². The van der Waals surface area contributed by atoms with Gasteiger partial charge in [0.2, 0.25) is 0 Å². The molecule has 0 saturated heterocycles. The molecule has 0 saturated carbocycles. The van der Waals surface area contributed by atoms with Crippen molar-refractivity contribution >= 4 is 34.2 Å². The Bertz CT molecular complexity index is 833. The number of carbonyl (C=O) groups is 1. The van der Waals surface area contributed by atoms with E-state index < -0.39 is 11.7 Å². The zero-order valence-electron chi connectivity index (χ0n) is 10.7. The van der Waals surface area contributed by atoms with Gasteiger partial charge in [-0.3, -0.25) is 9.78 Å². The minimum Gasteiger partial charge on any atom is -0.305 e. The van der Waals surface area contributed by atoms with Crippen molar-refractivity contribution in [2.45, 2.75) is 0 Å². The summed E-state index contributed by atoms with van der Waals surface area (Å²) in [4.78, 5) is 20.5. The summed E-state index contributed by atoms with van der Waals surface area (Å²) in [5.74, 6) is -0.634. The SMILES string of the molecule is O=C(Nc1nccc2cccnc12)c1ccc(F)cc1Cl. The van der Waals surface area contributed by atoms with Crippen LogP contribution in [0.25, 0.3) is 10.9 Å². The third kappa shape index (κ3) is 2.68. The Morgan fingerprint density at radius 3 is 2.81 bits per heavy atom. The second-order valence-electron chi connectivity index (χ2n) is 4.31. The molecule has 3 rings (SSSR count). The van der Waals surface area contributed by atoms with Crippen LogP contribution in [0.2, 0.25) is 5.02 Å². The molecule has 0 radical (unpaired) electrons. The third-order valence-electron chi connectivity index (χ3n) is 2.93. The molecule has 0 unspecified atom stereocenters. The third-order valence-corrected chi connectivity index (χ3v) is 3.24. The van der Waals surface area contributed by atoms with Crippen molar-refractivity contribution in [2.24, 2.45) is 0 Å². The number of hydrogen-bond donors (Lipinski definition) is 1. The fourth-order valence-electron chi connectivity index (χ4n) is 1.94. The highest BCUT2D eigenvalue weighted by molar-refractivity contribution is 6.34. The summed E-state index contributed by atoms with van der Waals surface area (Å²) in [5, 5.41) is 3.54. The van der Waals surface area contributed by atoms with Crippen LogP contribution in [-0.2, 0) is 0 Å². The monoisotopic (exact) mass is 301 g/mol. The van der Waals surface area contributed by atoms with E-state index in [4.69, 9.17) is 11.6 Å². The number of halogens is 2. The van der Waals surface area contributed by atoms with Gasteiger partial charge >= 0.3 is 0 Å². The Morgan fingerprint density at radius 1 is 1.14 bits per heavy atom. The van der Waals surface area contributed by atoms with Gasteiger partial charge in [0, 0.05) is 17.8 Å². The molecule has 6 heteroatoms. The van der Waals surface area contributed by atoms with Gasteiger partial charge in [-0.05, 0) is 30.3 Å². The molecule has 2 aromatic heterocycles. The maximum atomic E-state index is 13.0. The van der Waals surface area contributed by atoms with Gasteiger partial charge in [-0.2, -0.15) is 0 Å². The summed E-state index contributed by atoms with van der Waals surface area (Å²) in [6, 6.07) is 9.05. The largest absolute Gasteiger partial charge is 0.305 e. The molecule has 0 spiro atoms. The van der Waals surface area contributed by atoms with Crippen LogP contribution < -0.4 is 5.32 Å². The molecule has 0 aliphatic rings. The van der Waals surface area contributed by atoms with Gasteiger partial charge in [-0.25, -0.2) is 9.37 Å². The van der Waals surface area contributed by atoms with Crippen LogP contribution in [0, 0.1) is 5.82 Å². The van der Waals surface area contributed by atoms with Crippen molar-refractivity contribution in [1.82, 2.24) is 9.97 Å². The van der Waals surface area contributed by atoms with E-state index in [0.717, 1.165) is 11.5 Å². The van der Waals surface area contributed by atoms with E-state index in [1.54, 1.807) is 24.5 Å². The first-order chi connectivity index (χ1) is 10.1. The molecule has 0 aliphatic heterocycles. The molecule has 2 heterocycles. The number of fused-ring (bicyclic) bond motifs is 1. The van der Waals surface area contributed by atoms with Crippen molar-refractivity contribution in [3.63, 3.8) is 0 Å². The molecule has 1 aromatic carbocycles. The molecule has 4 nitrogen and oxygen atoms in total. The lowest BCUT2D eigenvalue weighted by molar-refractivity contribution is 0.102. The van der Waals surface area contributed by atoms with E-state index in [-0.39, 0.29) is 10.6 Å². The molecule has 0 atom stereocenters. The predicted molar refractivity (Wildman–Crippen MR) is 78.9 cm³/mol. The molecule has 1 amide bonds. The molecule has 0 bridgehead atoms. The van der Waals surface area contributed by atoms with Gasteiger partial charge in [0.25, 0.3) is 5.91 Å². The van der Waals surface area contributed by atoms with Crippen molar-refractivity contribution < 1.29 is 9.18 Å². The number of anilines is 1. The summed E-state index contributed by atoms with van der Waals surface area (Å²) in [5.41, 5.74) is 0.749. The minimum atomic E-state index is -0.499. The average Bonchev–Trinajstić information content (AvgIpc) is 2.47. The van der Waals surface area contributed by atoms with Crippen LogP contribution >= 0.6 is 11.6 Å². The number of rotatable bonds is 2. The highest BCUT2D eigenvalue weighted by Gasteiger charge is 2.13. The van der Waals surface area contributed by atoms with Crippen LogP contribution in [0.1, 0.15) is 10.4 Å². The van der Waals surface area contributed by atoms with E-state index >= 15 is 0 Å². The second kappa shape index (κ2) is 5.46.